The van der Waals surface area contributed by atoms with Crippen LogP contribution in [0.2, 0.25) is 0 Å². The Labute approximate surface area is 127 Å². The van der Waals surface area contributed by atoms with E-state index in [1.54, 1.807) is 4.90 Å². The van der Waals surface area contributed by atoms with Crippen molar-refractivity contribution in [1.29, 1.82) is 0 Å². The summed E-state index contributed by atoms with van der Waals surface area (Å²) in [6, 6.07) is -0.00969. The molecule has 2 aliphatic rings. The summed E-state index contributed by atoms with van der Waals surface area (Å²) in [6.07, 6.45) is -0.395. The second kappa shape index (κ2) is 6.10. The first-order valence-corrected chi connectivity index (χ1v) is 7.71. The highest BCUT2D eigenvalue weighted by Gasteiger charge is 2.43. The van der Waals surface area contributed by atoms with E-state index in [4.69, 9.17) is 9.47 Å². The molecule has 0 radical (unpaired) electrons. The molecule has 1 amide bonds. The number of carbonyl (C=O) groups is 1. The molecule has 1 N–H and O–H groups in total. The van der Waals surface area contributed by atoms with Gasteiger partial charge in [-0.25, -0.2) is 4.79 Å². The van der Waals surface area contributed by atoms with Crippen LogP contribution in [0.1, 0.15) is 34.6 Å². The number of β-amino-alcohol motifs (C(OH)–C–C–N with tert-alkyl or cyclic N) is 1. The van der Waals surface area contributed by atoms with E-state index in [9.17, 15) is 9.90 Å². The molecule has 2 atom stereocenters. The lowest BCUT2D eigenvalue weighted by Gasteiger charge is -2.44. The van der Waals surface area contributed by atoms with E-state index >= 15 is 0 Å². The van der Waals surface area contributed by atoms with Crippen LogP contribution in [0, 0.1) is 0 Å². The average molecular weight is 300 g/mol. The second-order valence-electron chi connectivity index (χ2n) is 7.28. The Hall–Kier alpha value is -0.850. The molecule has 2 heterocycles. The number of hydrogen-bond acceptors (Lipinski definition) is 5. The molecule has 2 fully saturated rings. The first-order valence-electron chi connectivity index (χ1n) is 7.71. The molecular weight excluding hydrogens is 272 g/mol. The summed E-state index contributed by atoms with van der Waals surface area (Å²) in [7, 11) is 0. The van der Waals surface area contributed by atoms with Crippen molar-refractivity contribution in [2.45, 2.75) is 64.6 Å². The molecule has 0 saturated carbocycles. The van der Waals surface area contributed by atoms with Crippen molar-refractivity contribution < 1.29 is 19.4 Å². The Morgan fingerprint density at radius 3 is 2.33 bits per heavy atom. The van der Waals surface area contributed by atoms with Crippen LogP contribution in [0.5, 0.6) is 0 Å². The smallest absolute Gasteiger partial charge is 0.410 e. The number of carbonyl (C=O) groups excluding carboxylic acids is 1. The predicted octanol–water partition coefficient (Wildman–Crippen LogP) is 1.08. The van der Waals surface area contributed by atoms with Crippen molar-refractivity contribution in [2.24, 2.45) is 0 Å². The van der Waals surface area contributed by atoms with Crippen LogP contribution >= 0.6 is 0 Å². The van der Waals surface area contributed by atoms with E-state index in [1.165, 1.54) is 0 Å². The molecule has 0 unspecified atom stereocenters. The number of aliphatic hydroxyl groups excluding tert-OH is 1. The molecule has 2 aliphatic heterocycles. The quantitative estimate of drug-likeness (QED) is 0.845. The van der Waals surface area contributed by atoms with Crippen LogP contribution in [-0.4, -0.2) is 77.1 Å². The zero-order valence-corrected chi connectivity index (χ0v) is 13.7. The molecule has 0 bridgehead atoms. The number of ether oxygens (including phenoxy) is 2. The van der Waals surface area contributed by atoms with Crippen LogP contribution in [-0.2, 0) is 9.47 Å². The fourth-order valence-electron chi connectivity index (χ4n) is 2.82. The number of nitrogens with zero attached hydrogens (tertiary/aromatic N) is 2. The molecule has 21 heavy (non-hydrogen) atoms. The molecule has 0 aromatic carbocycles. The summed E-state index contributed by atoms with van der Waals surface area (Å²) in [5.74, 6) is 0. The standard InChI is InChI=1S/C15H28N2O4/c1-10(2)20-11-6-16(7-11)12-8-17(9-13(12)18)14(19)21-15(3,4)5/h10-13,18H,6-9H2,1-5H3/t12-,13-/m1/s1. The number of hydrogen-bond donors (Lipinski definition) is 1. The van der Waals surface area contributed by atoms with Crippen molar-refractivity contribution in [1.82, 2.24) is 9.80 Å². The SMILES string of the molecule is CC(C)OC1CN([C@@H]2CN(C(=O)OC(C)(C)C)C[C@H]2O)C1. The lowest BCUT2D eigenvalue weighted by Crippen LogP contribution is -2.60. The van der Waals surface area contributed by atoms with Crippen LogP contribution in [0.15, 0.2) is 0 Å². The summed E-state index contributed by atoms with van der Waals surface area (Å²) in [5.41, 5.74) is -0.507. The van der Waals surface area contributed by atoms with Gasteiger partial charge in [-0.05, 0) is 34.6 Å². The summed E-state index contributed by atoms with van der Waals surface area (Å²) in [5, 5.41) is 10.2. The van der Waals surface area contributed by atoms with Gasteiger partial charge in [-0.3, -0.25) is 4.90 Å². The summed E-state index contributed by atoms with van der Waals surface area (Å²) >= 11 is 0. The molecule has 0 aromatic rings. The first-order chi connectivity index (χ1) is 9.65. The largest absolute Gasteiger partial charge is 0.444 e. The highest BCUT2D eigenvalue weighted by Crippen LogP contribution is 2.25. The van der Waals surface area contributed by atoms with E-state index in [1.807, 2.05) is 34.6 Å². The Balaban J connectivity index is 1.81. The number of amides is 1. The lowest BCUT2D eigenvalue weighted by atomic mass is 10.1. The highest BCUT2D eigenvalue weighted by atomic mass is 16.6. The minimum absolute atomic E-state index is 0.00969. The Morgan fingerprint density at radius 2 is 1.81 bits per heavy atom. The summed E-state index contributed by atoms with van der Waals surface area (Å²) in [4.78, 5) is 15.8. The van der Waals surface area contributed by atoms with Gasteiger partial charge in [0, 0.05) is 19.6 Å². The Bertz CT molecular complexity index is 374. The maximum atomic E-state index is 12.0. The maximum Gasteiger partial charge on any atom is 0.410 e. The van der Waals surface area contributed by atoms with Gasteiger partial charge >= 0.3 is 6.09 Å². The fraction of sp³-hybridized carbons (Fsp3) is 0.933. The molecule has 0 aliphatic carbocycles. The molecule has 2 rings (SSSR count). The zero-order chi connectivity index (χ0) is 15.8. The molecule has 0 aromatic heterocycles. The minimum atomic E-state index is -0.516. The van der Waals surface area contributed by atoms with Crippen LogP contribution in [0.4, 0.5) is 4.79 Å². The van der Waals surface area contributed by atoms with Gasteiger partial charge in [0.2, 0.25) is 0 Å². The number of aliphatic hydroxyl groups is 1. The zero-order valence-electron chi connectivity index (χ0n) is 13.7. The van der Waals surface area contributed by atoms with E-state index in [0.29, 0.717) is 13.1 Å². The van der Waals surface area contributed by atoms with Gasteiger partial charge in [-0.1, -0.05) is 0 Å². The molecular formula is C15H28N2O4. The second-order valence-corrected chi connectivity index (χ2v) is 7.28. The van der Waals surface area contributed by atoms with E-state index in [-0.39, 0.29) is 24.3 Å². The molecule has 0 spiro atoms. The van der Waals surface area contributed by atoms with Crippen LogP contribution < -0.4 is 0 Å². The number of likely N-dealkylation sites (tertiary alicyclic amines) is 2. The molecule has 6 nitrogen and oxygen atoms in total. The monoisotopic (exact) mass is 300 g/mol. The highest BCUT2D eigenvalue weighted by molar-refractivity contribution is 5.68. The topological polar surface area (TPSA) is 62.2 Å². The number of rotatable bonds is 3. The summed E-state index contributed by atoms with van der Waals surface area (Å²) in [6.45, 7) is 12.1. The fourth-order valence-corrected chi connectivity index (χ4v) is 2.82. The Morgan fingerprint density at radius 1 is 1.19 bits per heavy atom. The van der Waals surface area contributed by atoms with Crippen LogP contribution in [0.3, 0.4) is 0 Å². The normalized spacial score (nSPS) is 28.0. The van der Waals surface area contributed by atoms with Gasteiger partial charge in [0.05, 0.1) is 30.9 Å². The van der Waals surface area contributed by atoms with Crippen molar-refractivity contribution in [3.05, 3.63) is 0 Å². The molecule has 2 saturated heterocycles. The third-order valence-corrected chi connectivity index (χ3v) is 3.72. The molecule has 6 heteroatoms. The summed E-state index contributed by atoms with van der Waals surface area (Å²) < 4.78 is 11.1. The molecule has 122 valence electrons. The van der Waals surface area contributed by atoms with Gasteiger partial charge in [0.25, 0.3) is 0 Å². The van der Waals surface area contributed by atoms with Gasteiger partial charge < -0.3 is 19.5 Å². The predicted molar refractivity (Wildman–Crippen MR) is 79.2 cm³/mol. The third kappa shape index (κ3) is 4.31. The maximum absolute atomic E-state index is 12.0. The van der Waals surface area contributed by atoms with E-state index < -0.39 is 11.7 Å². The van der Waals surface area contributed by atoms with Gasteiger partial charge in [0.1, 0.15) is 5.60 Å². The van der Waals surface area contributed by atoms with Crippen molar-refractivity contribution >= 4 is 6.09 Å². The van der Waals surface area contributed by atoms with Crippen LogP contribution in [0.25, 0.3) is 0 Å². The van der Waals surface area contributed by atoms with Gasteiger partial charge in [-0.15, -0.1) is 0 Å². The average Bonchev–Trinajstić information content (AvgIpc) is 2.62. The van der Waals surface area contributed by atoms with Gasteiger partial charge in [-0.2, -0.15) is 0 Å². The minimum Gasteiger partial charge on any atom is -0.444 e. The van der Waals surface area contributed by atoms with Crippen molar-refractivity contribution in [3.8, 4) is 0 Å². The third-order valence-electron chi connectivity index (χ3n) is 3.72. The first kappa shape index (κ1) is 16.5. The van der Waals surface area contributed by atoms with E-state index in [2.05, 4.69) is 4.90 Å². The van der Waals surface area contributed by atoms with Crippen molar-refractivity contribution in [3.63, 3.8) is 0 Å². The van der Waals surface area contributed by atoms with Crippen molar-refractivity contribution in [2.75, 3.05) is 26.2 Å². The van der Waals surface area contributed by atoms with Gasteiger partial charge in [0.15, 0.2) is 0 Å². The van der Waals surface area contributed by atoms with E-state index in [0.717, 1.165) is 13.1 Å². The lowest BCUT2D eigenvalue weighted by molar-refractivity contribution is -0.104. The Kier molecular flexibility index (Phi) is 4.80.